The molecule has 108 valence electrons. The summed E-state index contributed by atoms with van der Waals surface area (Å²) in [5.74, 6) is 0.418. The third-order valence-corrected chi connectivity index (χ3v) is 4.58. The molecular weight excluding hydrogens is 250 g/mol. The van der Waals surface area contributed by atoms with Crippen LogP contribution < -0.4 is 15.5 Å². The van der Waals surface area contributed by atoms with Crippen LogP contribution in [0, 0.1) is 5.92 Å². The summed E-state index contributed by atoms with van der Waals surface area (Å²) in [4.78, 5) is 14.3. The minimum atomic E-state index is 0.191. The van der Waals surface area contributed by atoms with Crippen molar-refractivity contribution in [3.63, 3.8) is 0 Å². The summed E-state index contributed by atoms with van der Waals surface area (Å²) in [5, 5.41) is 6.60. The van der Waals surface area contributed by atoms with E-state index in [1.807, 2.05) is 18.2 Å². The lowest BCUT2D eigenvalue weighted by Gasteiger charge is -2.22. The molecule has 2 aliphatic rings. The van der Waals surface area contributed by atoms with Crippen LogP contribution in [0.25, 0.3) is 0 Å². The smallest absolute Gasteiger partial charge is 0.224 e. The fourth-order valence-corrected chi connectivity index (χ4v) is 3.40. The second-order valence-electron chi connectivity index (χ2n) is 5.94. The lowest BCUT2D eigenvalue weighted by atomic mass is 9.88. The number of benzene rings is 1. The van der Waals surface area contributed by atoms with Crippen LogP contribution in [0.3, 0.4) is 0 Å². The largest absolute Gasteiger partial charge is 0.373 e. The molecule has 2 fully saturated rings. The molecule has 3 unspecified atom stereocenters. The molecule has 4 heteroatoms. The first kappa shape index (κ1) is 13.4. The Kier molecular flexibility index (Phi) is 3.92. The van der Waals surface area contributed by atoms with Gasteiger partial charge in [-0.25, -0.2) is 0 Å². The zero-order chi connectivity index (χ0) is 13.9. The number of nitrogens with zero attached hydrogens (tertiary/aromatic N) is 1. The number of carbonyl (C=O) groups is 1. The first-order valence-corrected chi connectivity index (χ1v) is 7.54. The third-order valence-electron chi connectivity index (χ3n) is 4.58. The number of fused-ring (bicyclic) bond motifs is 2. The number of nitrogens with one attached hydrogen (secondary N) is 2. The molecule has 2 aliphatic heterocycles. The lowest BCUT2D eigenvalue weighted by molar-refractivity contribution is -0.125. The number of para-hydroxylation sites is 1. The maximum Gasteiger partial charge on any atom is 0.224 e. The molecule has 3 rings (SSSR count). The molecule has 0 saturated carbocycles. The van der Waals surface area contributed by atoms with Gasteiger partial charge in [-0.2, -0.15) is 0 Å². The van der Waals surface area contributed by atoms with E-state index in [0.29, 0.717) is 18.6 Å². The first-order chi connectivity index (χ1) is 9.74. The highest BCUT2D eigenvalue weighted by atomic mass is 16.1. The van der Waals surface area contributed by atoms with Crippen molar-refractivity contribution in [1.29, 1.82) is 0 Å². The number of rotatable bonds is 5. The first-order valence-electron chi connectivity index (χ1n) is 7.54. The normalized spacial score (nSPS) is 27.6. The predicted molar refractivity (Wildman–Crippen MR) is 80.8 cm³/mol. The zero-order valence-corrected chi connectivity index (χ0v) is 12.0. The summed E-state index contributed by atoms with van der Waals surface area (Å²) < 4.78 is 0. The van der Waals surface area contributed by atoms with E-state index in [0.717, 1.165) is 19.4 Å². The Morgan fingerprint density at radius 1 is 1.35 bits per heavy atom. The second-order valence-corrected chi connectivity index (χ2v) is 5.94. The molecule has 0 aliphatic carbocycles. The van der Waals surface area contributed by atoms with Crippen LogP contribution in [-0.2, 0) is 4.79 Å². The molecule has 3 atom stereocenters. The quantitative estimate of drug-likeness (QED) is 0.852. The summed E-state index contributed by atoms with van der Waals surface area (Å²) in [6.45, 7) is 1.54. The average molecular weight is 273 g/mol. The van der Waals surface area contributed by atoms with Crippen LogP contribution in [0.1, 0.15) is 19.3 Å². The monoisotopic (exact) mass is 273 g/mol. The van der Waals surface area contributed by atoms with E-state index in [9.17, 15) is 4.79 Å². The van der Waals surface area contributed by atoms with Crippen molar-refractivity contribution in [2.24, 2.45) is 5.92 Å². The van der Waals surface area contributed by atoms with E-state index in [4.69, 9.17) is 0 Å². The fourth-order valence-electron chi connectivity index (χ4n) is 3.40. The van der Waals surface area contributed by atoms with E-state index >= 15 is 0 Å². The van der Waals surface area contributed by atoms with Gasteiger partial charge in [0.25, 0.3) is 0 Å². The maximum absolute atomic E-state index is 12.2. The van der Waals surface area contributed by atoms with E-state index in [-0.39, 0.29) is 11.8 Å². The van der Waals surface area contributed by atoms with Gasteiger partial charge in [0.2, 0.25) is 5.91 Å². The Morgan fingerprint density at radius 2 is 2.15 bits per heavy atom. The number of amides is 1. The highest BCUT2D eigenvalue weighted by Gasteiger charge is 2.42. The van der Waals surface area contributed by atoms with Crippen molar-refractivity contribution in [3.8, 4) is 0 Å². The lowest BCUT2D eigenvalue weighted by Crippen LogP contribution is -2.40. The van der Waals surface area contributed by atoms with E-state index in [1.165, 1.54) is 12.1 Å². The minimum Gasteiger partial charge on any atom is -0.373 e. The van der Waals surface area contributed by atoms with Crippen molar-refractivity contribution >= 4 is 11.6 Å². The van der Waals surface area contributed by atoms with Gasteiger partial charge < -0.3 is 15.5 Å². The van der Waals surface area contributed by atoms with E-state index < -0.39 is 0 Å². The number of hydrogen-bond donors (Lipinski definition) is 2. The number of anilines is 1. The Hall–Kier alpha value is -1.55. The zero-order valence-electron chi connectivity index (χ0n) is 12.0. The molecule has 1 amide bonds. The van der Waals surface area contributed by atoms with E-state index in [2.05, 4.69) is 34.7 Å². The van der Waals surface area contributed by atoms with Crippen LogP contribution in [0.15, 0.2) is 30.3 Å². The molecule has 2 heterocycles. The van der Waals surface area contributed by atoms with Crippen LogP contribution >= 0.6 is 0 Å². The highest BCUT2D eigenvalue weighted by molar-refractivity contribution is 5.80. The maximum atomic E-state index is 12.2. The summed E-state index contributed by atoms with van der Waals surface area (Å²) in [7, 11) is 2.06. The number of likely N-dealkylation sites (N-methyl/N-ethyl adjacent to an activating group) is 1. The molecular formula is C16H23N3O. The Morgan fingerprint density at radius 3 is 2.80 bits per heavy atom. The van der Waals surface area contributed by atoms with Gasteiger partial charge in [0, 0.05) is 37.9 Å². The summed E-state index contributed by atoms with van der Waals surface area (Å²) in [5.41, 5.74) is 1.18. The van der Waals surface area contributed by atoms with Crippen molar-refractivity contribution in [3.05, 3.63) is 30.3 Å². The molecule has 0 radical (unpaired) electrons. The molecule has 4 nitrogen and oxygen atoms in total. The van der Waals surface area contributed by atoms with Gasteiger partial charge >= 0.3 is 0 Å². The molecule has 2 N–H and O–H groups in total. The van der Waals surface area contributed by atoms with Crippen molar-refractivity contribution in [1.82, 2.24) is 10.6 Å². The molecule has 2 saturated heterocycles. The van der Waals surface area contributed by atoms with Crippen LogP contribution in [0.4, 0.5) is 5.69 Å². The van der Waals surface area contributed by atoms with Gasteiger partial charge in [0.05, 0.1) is 5.92 Å². The minimum absolute atomic E-state index is 0.191. The number of hydrogen-bond acceptors (Lipinski definition) is 3. The van der Waals surface area contributed by atoms with Crippen LogP contribution in [-0.4, -0.2) is 38.1 Å². The molecule has 1 aromatic carbocycles. The topological polar surface area (TPSA) is 44.4 Å². The fraction of sp³-hybridized carbons (Fsp3) is 0.562. The van der Waals surface area contributed by atoms with Crippen LogP contribution in [0.5, 0.6) is 0 Å². The molecule has 20 heavy (non-hydrogen) atoms. The van der Waals surface area contributed by atoms with Gasteiger partial charge in [-0.3, -0.25) is 4.79 Å². The standard InChI is InChI=1S/C16H23N3O/c1-19(13-5-3-2-4-6-13)10-9-17-16(20)14-11-12-7-8-15(14)18-12/h2-6,12,14-15,18H,7-11H2,1H3,(H,17,20). The SMILES string of the molecule is CN(CCNC(=O)C1CC2CCC1N2)c1ccccc1. The van der Waals surface area contributed by atoms with Crippen molar-refractivity contribution < 1.29 is 4.79 Å². The van der Waals surface area contributed by atoms with Gasteiger partial charge in [-0.1, -0.05) is 18.2 Å². The second kappa shape index (κ2) is 5.83. The highest BCUT2D eigenvalue weighted by Crippen LogP contribution is 2.33. The van der Waals surface area contributed by atoms with Gasteiger partial charge in [-0.05, 0) is 31.4 Å². The van der Waals surface area contributed by atoms with Crippen molar-refractivity contribution in [2.75, 3.05) is 25.0 Å². The average Bonchev–Trinajstić information content (AvgIpc) is 3.10. The van der Waals surface area contributed by atoms with Crippen LogP contribution in [0.2, 0.25) is 0 Å². The molecule has 2 bridgehead atoms. The van der Waals surface area contributed by atoms with Gasteiger partial charge in [0.1, 0.15) is 0 Å². The third kappa shape index (κ3) is 2.80. The van der Waals surface area contributed by atoms with Gasteiger partial charge in [0.15, 0.2) is 0 Å². The van der Waals surface area contributed by atoms with Crippen molar-refractivity contribution in [2.45, 2.75) is 31.3 Å². The number of carbonyl (C=O) groups excluding carboxylic acids is 1. The molecule has 0 aromatic heterocycles. The Labute approximate surface area is 120 Å². The predicted octanol–water partition coefficient (Wildman–Crippen LogP) is 1.38. The molecule has 1 aromatic rings. The summed E-state index contributed by atoms with van der Waals surface area (Å²) in [6.07, 6.45) is 3.42. The Bertz CT molecular complexity index is 462. The summed E-state index contributed by atoms with van der Waals surface area (Å²) >= 11 is 0. The summed E-state index contributed by atoms with van der Waals surface area (Å²) in [6, 6.07) is 11.3. The Balaban J connectivity index is 1.42. The molecule has 0 spiro atoms. The van der Waals surface area contributed by atoms with E-state index in [1.54, 1.807) is 0 Å². The van der Waals surface area contributed by atoms with Gasteiger partial charge in [-0.15, -0.1) is 0 Å².